The Morgan fingerprint density at radius 3 is 2.24 bits per heavy atom. The molecule has 0 aromatic heterocycles. The second kappa shape index (κ2) is 12.2. The van der Waals surface area contributed by atoms with Gasteiger partial charge >= 0.3 is 5.97 Å². The van der Waals surface area contributed by atoms with Crippen LogP contribution in [0.5, 0.6) is 0 Å². The molecular weight excluding hydrogens is 521 g/mol. The first kappa shape index (κ1) is 28.6. The number of benzene rings is 2. The quantitative estimate of drug-likeness (QED) is 0.346. The maximum absolute atomic E-state index is 13.1. The summed E-state index contributed by atoms with van der Waals surface area (Å²) in [6.07, 6.45) is -6.68. The predicted octanol–water partition coefficient (Wildman–Crippen LogP) is 2.34. The van der Waals surface area contributed by atoms with E-state index in [1.807, 2.05) is 0 Å². The molecule has 0 saturated carbocycles. The molecule has 0 unspecified atom stereocenters. The summed E-state index contributed by atoms with van der Waals surface area (Å²) in [4.78, 5) is 26.1. The molecule has 2 heterocycles. The standard InChI is InChI=1S/C27H31ClFNO8/c28-18-7-5-17(6-8-18)27(38-26-23(34)21(32)22(33)24(37-26)25(35)36)11-14-30(15-12-27)13-1-2-20(31)16-3-9-19(29)10-4-16/h3-10,21-24,26,32-34H,1-2,11-15H2,(H,35,36)/t21-,22-,23-,24-,26-/m0/s1. The van der Waals surface area contributed by atoms with Gasteiger partial charge in [-0.15, -0.1) is 0 Å². The molecule has 0 amide bonds. The van der Waals surface area contributed by atoms with Crippen LogP contribution in [-0.2, 0) is 19.9 Å². The molecule has 2 fully saturated rings. The van der Waals surface area contributed by atoms with Crippen LogP contribution in [0.2, 0.25) is 5.02 Å². The number of ketones is 1. The normalized spacial score (nSPS) is 27.7. The largest absolute Gasteiger partial charge is 0.479 e. The van der Waals surface area contributed by atoms with Crippen molar-refractivity contribution in [2.45, 2.75) is 62.0 Å². The van der Waals surface area contributed by atoms with E-state index in [9.17, 15) is 34.4 Å². The van der Waals surface area contributed by atoms with E-state index in [1.165, 1.54) is 24.3 Å². The van der Waals surface area contributed by atoms with Crippen molar-refractivity contribution in [3.8, 4) is 0 Å². The number of rotatable bonds is 9. The summed E-state index contributed by atoms with van der Waals surface area (Å²) in [5.41, 5.74) is 0.233. The predicted molar refractivity (Wildman–Crippen MR) is 134 cm³/mol. The Morgan fingerprint density at radius 2 is 1.63 bits per heavy atom. The van der Waals surface area contributed by atoms with Gasteiger partial charge in [0.25, 0.3) is 0 Å². The molecule has 11 heteroatoms. The summed E-state index contributed by atoms with van der Waals surface area (Å²) in [7, 11) is 0. The van der Waals surface area contributed by atoms with Gasteiger partial charge in [0.05, 0.1) is 5.60 Å². The number of halogens is 2. The number of ether oxygens (including phenoxy) is 2. The lowest BCUT2D eigenvalue weighted by atomic mass is 9.83. The number of hydrogen-bond donors (Lipinski definition) is 4. The van der Waals surface area contributed by atoms with Crippen molar-refractivity contribution in [3.63, 3.8) is 0 Å². The van der Waals surface area contributed by atoms with Crippen LogP contribution in [0.4, 0.5) is 4.39 Å². The van der Waals surface area contributed by atoms with Crippen molar-refractivity contribution in [2.24, 2.45) is 0 Å². The first-order chi connectivity index (χ1) is 18.1. The molecule has 0 radical (unpaired) electrons. The SMILES string of the molecule is O=C(CCCN1CCC(O[C@@H]2O[C@H](C(=O)O)[C@@H](O)[C@H](O)[C@@H]2O)(c2ccc(Cl)cc2)CC1)c1ccc(F)cc1. The Labute approximate surface area is 224 Å². The van der Waals surface area contributed by atoms with Crippen LogP contribution in [0.3, 0.4) is 0 Å². The number of carbonyl (C=O) groups is 2. The van der Waals surface area contributed by atoms with Gasteiger partial charge in [-0.3, -0.25) is 4.79 Å². The monoisotopic (exact) mass is 551 g/mol. The third kappa shape index (κ3) is 6.40. The number of likely N-dealkylation sites (tertiary alicyclic amines) is 1. The zero-order valence-corrected chi connectivity index (χ0v) is 21.3. The summed E-state index contributed by atoms with van der Waals surface area (Å²) in [6, 6.07) is 12.5. The average molecular weight is 552 g/mol. The van der Waals surface area contributed by atoms with E-state index in [4.69, 9.17) is 21.1 Å². The van der Waals surface area contributed by atoms with Crippen LogP contribution in [0.1, 0.15) is 41.6 Å². The lowest BCUT2D eigenvalue weighted by Gasteiger charge is -2.47. The van der Waals surface area contributed by atoms with Gasteiger partial charge in [0.2, 0.25) is 0 Å². The van der Waals surface area contributed by atoms with Gasteiger partial charge in [0.15, 0.2) is 18.2 Å². The molecule has 38 heavy (non-hydrogen) atoms. The van der Waals surface area contributed by atoms with Gasteiger partial charge in [-0.2, -0.15) is 0 Å². The highest BCUT2D eigenvalue weighted by Gasteiger charge is 2.50. The number of aliphatic hydroxyl groups excluding tert-OH is 3. The van der Waals surface area contributed by atoms with E-state index in [0.29, 0.717) is 55.9 Å². The lowest BCUT2D eigenvalue weighted by Crippen LogP contribution is -2.62. The Morgan fingerprint density at radius 1 is 1.00 bits per heavy atom. The number of hydrogen-bond acceptors (Lipinski definition) is 8. The summed E-state index contributed by atoms with van der Waals surface area (Å²) in [5, 5.41) is 40.7. The number of piperidine rings is 1. The topological polar surface area (TPSA) is 137 Å². The van der Waals surface area contributed by atoms with E-state index >= 15 is 0 Å². The Hall–Kier alpha value is -2.44. The summed E-state index contributed by atoms with van der Waals surface area (Å²) in [5.74, 6) is -1.93. The fourth-order valence-electron chi connectivity index (χ4n) is 4.98. The minimum atomic E-state index is -1.81. The second-order valence-corrected chi connectivity index (χ2v) is 10.2. The number of nitrogens with zero attached hydrogens (tertiary/aromatic N) is 1. The smallest absolute Gasteiger partial charge is 0.335 e. The molecule has 4 N–H and O–H groups in total. The van der Waals surface area contributed by atoms with Gasteiger partial charge in [0, 0.05) is 30.1 Å². The molecule has 2 aliphatic heterocycles. The van der Waals surface area contributed by atoms with Crippen molar-refractivity contribution in [1.29, 1.82) is 0 Å². The van der Waals surface area contributed by atoms with Gasteiger partial charge in [0.1, 0.15) is 24.1 Å². The molecule has 9 nitrogen and oxygen atoms in total. The van der Waals surface area contributed by atoms with Crippen LogP contribution in [-0.4, -0.2) is 87.4 Å². The van der Waals surface area contributed by atoms with Crippen molar-refractivity contribution in [1.82, 2.24) is 4.90 Å². The zero-order valence-electron chi connectivity index (χ0n) is 20.6. The van der Waals surface area contributed by atoms with Crippen molar-refractivity contribution >= 4 is 23.4 Å². The van der Waals surface area contributed by atoms with Crippen LogP contribution >= 0.6 is 11.6 Å². The van der Waals surface area contributed by atoms with E-state index in [0.717, 1.165) is 5.56 Å². The second-order valence-electron chi connectivity index (χ2n) is 9.73. The molecule has 2 saturated heterocycles. The van der Waals surface area contributed by atoms with E-state index in [2.05, 4.69) is 4.90 Å². The molecule has 206 valence electrons. The molecular formula is C27H31ClFNO8. The highest BCUT2D eigenvalue weighted by Crippen LogP contribution is 2.40. The number of aliphatic carboxylic acids is 1. The minimum absolute atomic E-state index is 0.0574. The van der Waals surface area contributed by atoms with Crippen LogP contribution in [0, 0.1) is 5.82 Å². The third-order valence-corrected chi connectivity index (χ3v) is 7.49. The first-order valence-corrected chi connectivity index (χ1v) is 12.8. The van der Waals surface area contributed by atoms with Crippen molar-refractivity contribution < 1.29 is 43.9 Å². The molecule has 4 rings (SSSR count). The van der Waals surface area contributed by atoms with E-state index < -0.39 is 48.1 Å². The van der Waals surface area contributed by atoms with Gasteiger partial charge in [-0.05, 0) is 67.8 Å². The number of Topliss-reactive ketones (excluding diaryl/α,β-unsaturated/α-hetero) is 1. The number of carboxylic acids is 1. The number of carboxylic acid groups (broad SMARTS) is 1. The third-order valence-electron chi connectivity index (χ3n) is 7.23. The van der Waals surface area contributed by atoms with Gasteiger partial charge in [-0.25, -0.2) is 9.18 Å². The maximum atomic E-state index is 13.1. The Kier molecular flexibility index (Phi) is 9.15. The number of carbonyl (C=O) groups excluding carboxylic acids is 1. The summed E-state index contributed by atoms with van der Waals surface area (Å²) in [6.45, 7) is 1.80. The van der Waals surface area contributed by atoms with Crippen LogP contribution < -0.4 is 0 Å². The summed E-state index contributed by atoms with van der Waals surface area (Å²) < 4.78 is 24.8. The van der Waals surface area contributed by atoms with E-state index in [-0.39, 0.29) is 5.78 Å². The zero-order chi connectivity index (χ0) is 27.4. The Bertz CT molecular complexity index is 1110. The molecule has 0 spiro atoms. The molecule has 2 aromatic rings. The molecule has 0 aliphatic carbocycles. The lowest BCUT2D eigenvalue weighted by molar-refractivity contribution is -0.327. The van der Waals surface area contributed by atoms with E-state index in [1.54, 1.807) is 24.3 Å². The van der Waals surface area contributed by atoms with Gasteiger partial charge < -0.3 is 34.8 Å². The minimum Gasteiger partial charge on any atom is -0.479 e. The average Bonchev–Trinajstić information content (AvgIpc) is 2.90. The highest BCUT2D eigenvalue weighted by molar-refractivity contribution is 6.30. The number of aliphatic hydroxyl groups is 3. The highest BCUT2D eigenvalue weighted by atomic mass is 35.5. The summed E-state index contributed by atoms with van der Waals surface area (Å²) >= 11 is 6.07. The van der Waals surface area contributed by atoms with Crippen LogP contribution in [0.25, 0.3) is 0 Å². The molecule has 0 bridgehead atoms. The van der Waals surface area contributed by atoms with Gasteiger partial charge in [-0.1, -0.05) is 23.7 Å². The molecule has 5 atom stereocenters. The fourth-order valence-corrected chi connectivity index (χ4v) is 5.11. The fraction of sp³-hybridized carbons (Fsp3) is 0.481. The molecule has 2 aliphatic rings. The van der Waals surface area contributed by atoms with Crippen molar-refractivity contribution in [2.75, 3.05) is 19.6 Å². The van der Waals surface area contributed by atoms with Crippen molar-refractivity contribution in [3.05, 3.63) is 70.5 Å². The maximum Gasteiger partial charge on any atom is 0.335 e. The van der Waals surface area contributed by atoms with Crippen LogP contribution in [0.15, 0.2) is 48.5 Å². The first-order valence-electron chi connectivity index (χ1n) is 12.5. The Balaban J connectivity index is 1.42. The molecule has 2 aromatic carbocycles.